The Morgan fingerprint density at radius 2 is 2.12 bits per heavy atom. The fourth-order valence-electron chi connectivity index (χ4n) is 1.93. The Hall–Kier alpha value is -1.10. The van der Waals surface area contributed by atoms with Crippen molar-refractivity contribution in [1.82, 2.24) is 10.2 Å². The molecule has 0 aromatic heterocycles. The number of carbonyl (C=O) groups excluding carboxylic acids is 1. The molecule has 0 bridgehead atoms. The van der Waals surface area contributed by atoms with E-state index in [1.807, 2.05) is 11.9 Å². The van der Waals surface area contributed by atoms with Crippen molar-refractivity contribution >= 4 is 11.9 Å². The van der Waals surface area contributed by atoms with Gasteiger partial charge < -0.3 is 15.3 Å². The normalized spacial score (nSPS) is 17.9. The van der Waals surface area contributed by atoms with Crippen molar-refractivity contribution in [3.05, 3.63) is 0 Å². The monoisotopic (exact) mass is 228 g/mol. The standard InChI is InChI=1S/C11H20N2O3/c1-8(14)12-10(11(15)16)7-13(2)6-9-4-3-5-9/h9-10H,3-7H2,1-2H3,(H,12,14)(H,15,16). The van der Waals surface area contributed by atoms with E-state index in [4.69, 9.17) is 5.11 Å². The van der Waals surface area contributed by atoms with Crippen molar-refractivity contribution < 1.29 is 14.7 Å². The van der Waals surface area contributed by atoms with Gasteiger partial charge in [0.05, 0.1) is 0 Å². The van der Waals surface area contributed by atoms with E-state index < -0.39 is 12.0 Å². The molecule has 5 heteroatoms. The lowest BCUT2D eigenvalue weighted by atomic mass is 9.85. The molecule has 1 amide bonds. The molecule has 1 unspecified atom stereocenters. The van der Waals surface area contributed by atoms with Crippen molar-refractivity contribution in [2.24, 2.45) is 5.92 Å². The predicted octanol–water partition coefficient (Wildman–Crippen LogP) is 0.308. The van der Waals surface area contributed by atoms with Gasteiger partial charge in [-0.25, -0.2) is 4.79 Å². The Morgan fingerprint density at radius 1 is 1.50 bits per heavy atom. The van der Waals surface area contributed by atoms with Crippen molar-refractivity contribution in [1.29, 1.82) is 0 Å². The average molecular weight is 228 g/mol. The van der Waals surface area contributed by atoms with E-state index in [0.29, 0.717) is 12.5 Å². The number of aliphatic carboxylic acids is 1. The molecule has 16 heavy (non-hydrogen) atoms. The van der Waals surface area contributed by atoms with Gasteiger partial charge in [-0.1, -0.05) is 6.42 Å². The summed E-state index contributed by atoms with van der Waals surface area (Å²) in [5.74, 6) is -0.572. The van der Waals surface area contributed by atoms with Crippen LogP contribution in [0.4, 0.5) is 0 Å². The summed E-state index contributed by atoms with van der Waals surface area (Å²) in [6.07, 6.45) is 3.76. The van der Waals surface area contributed by atoms with E-state index >= 15 is 0 Å². The highest BCUT2D eigenvalue weighted by molar-refractivity contribution is 5.82. The molecule has 1 fully saturated rings. The van der Waals surface area contributed by atoms with Gasteiger partial charge in [0.25, 0.3) is 0 Å². The van der Waals surface area contributed by atoms with Crippen LogP contribution in [0.5, 0.6) is 0 Å². The quantitative estimate of drug-likeness (QED) is 0.686. The van der Waals surface area contributed by atoms with E-state index in [9.17, 15) is 9.59 Å². The predicted molar refractivity (Wildman–Crippen MR) is 60.1 cm³/mol. The number of nitrogens with zero attached hydrogens (tertiary/aromatic N) is 1. The van der Waals surface area contributed by atoms with Crippen LogP contribution in [-0.2, 0) is 9.59 Å². The fourth-order valence-corrected chi connectivity index (χ4v) is 1.93. The Balaban J connectivity index is 2.34. The summed E-state index contributed by atoms with van der Waals surface area (Å²) in [7, 11) is 1.90. The molecular formula is C11H20N2O3. The first-order valence-corrected chi connectivity index (χ1v) is 5.67. The number of nitrogens with one attached hydrogen (secondary N) is 1. The number of hydrogen-bond acceptors (Lipinski definition) is 3. The minimum atomic E-state index is -0.976. The van der Waals surface area contributed by atoms with E-state index in [1.165, 1.54) is 26.2 Å². The van der Waals surface area contributed by atoms with Gasteiger partial charge in [-0.2, -0.15) is 0 Å². The maximum absolute atomic E-state index is 10.9. The molecule has 1 saturated carbocycles. The Morgan fingerprint density at radius 3 is 2.50 bits per heavy atom. The van der Waals surface area contributed by atoms with Crippen molar-refractivity contribution in [2.75, 3.05) is 20.1 Å². The number of rotatable bonds is 6. The van der Waals surface area contributed by atoms with Gasteiger partial charge in [0.15, 0.2) is 0 Å². The van der Waals surface area contributed by atoms with Crippen LogP contribution in [0.3, 0.4) is 0 Å². The average Bonchev–Trinajstić information content (AvgIpc) is 2.09. The lowest BCUT2D eigenvalue weighted by Gasteiger charge is -2.31. The summed E-state index contributed by atoms with van der Waals surface area (Å²) < 4.78 is 0. The molecule has 0 saturated heterocycles. The fraction of sp³-hybridized carbons (Fsp3) is 0.818. The molecule has 1 aliphatic carbocycles. The highest BCUT2D eigenvalue weighted by atomic mass is 16.4. The molecule has 0 radical (unpaired) electrons. The minimum absolute atomic E-state index is 0.301. The zero-order valence-corrected chi connectivity index (χ0v) is 9.90. The number of carboxylic acid groups (broad SMARTS) is 1. The molecule has 2 N–H and O–H groups in total. The first-order chi connectivity index (χ1) is 7.49. The van der Waals surface area contributed by atoms with Crippen LogP contribution >= 0.6 is 0 Å². The van der Waals surface area contributed by atoms with Gasteiger partial charge in [-0.3, -0.25) is 4.79 Å². The van der Waals surface area contributed by atoms with Gasteiger partial charge in [0.1, 0.15) is 6.04 Å². The number of likely N-dealkylation sites (N-methyl/N-ethyl adjacent to an activating group) is 1. The largest absolute Gasteiger partial charge is 0.480 e. The molecule has 5 nitrogen and oxygen atoms in total. The molecule has 1 atom stereocenters. The Kier molecular flexibility index (Phi) is 4.73. The minimum Gasteiger partial charge on any atom is -0.480 e. The van der Waals surface area contributed by atoms with Crippen LogP contribution in [0.15, 0.2) is 0 Å². The van der Waals surface area contributed by atoms with Crippen LogP contribution in [-0.4, -0.2) is 48.1 Å². The van der Waals surface area contributed by atoms with Crippen LogP contribution in [0.1, 0.15) is 26.2 Å². The molecule has 0 aliphatic heterocycles. The molecule has 0 heterocycles. The second-order valence-electron chi connectivity index (χ2n) is 4.61. The highest BCUT2D eigenvalue weighted by Gasteiger charge is 2.23. The van der Waals surface area contributed by atoms with Crippen LogP contribution in [0, 0.1) is 5.92 Å². The van der Waals surface area contributed by atoms with E-state index in [1.54, 1.807) is 0 Å². The highest BCUT2D eigenvalue weighted by Crippen LogP contribution is 2.26. The van der Waals surface area contributed by atoms with E-state index in [0.717, 1.165) is 6.54 Å². The number of carbonyl (C=O) groups is 2. The van der Waals surface area contributed by atoms with Gasteiger partial charge in [-0.15, -0.1) is 0 Å². The Bertz CT molecular complexity index is 264. The summed E-state index contributed by atoms with van der Waals surface area (Å²) in [6, 6.07) is -0.803. The van der Waals surface area contributed by atoms with E-state index in [-0.39, 0.29) is 5.91 Å². The Labute approximate surface area is 95.8 Å². The molecule has 0 aromatic carbocycles. The van der Waals surface area contributed by atoms with Crippen molar-refractivity contribution in [3.63, 3.8) is 0 Å². The summed E-state index contributed by atoms with van der Waals surface area (Å²) in [6.45, 7) is 2.62. The smallest absolute Gasteiger partial charge is 0.327 e. The third kappa shape index (κ3) is 4.18. The van der Waals surface area contributed by atoms with Gasteiger partial charge in [0, 0.05) is 20.0 Å². The maximum atomic E-state index is 10.9. The summed E-state index contributed by atoms with van der Waals surface area (Å²) in [5, 5.41) is 11.4. The number of carboxylic acids is 1. The molecular weight excluding hydrogens is 208 g/mol. The third-order valence-corrected chi connectivity index (χ3v) is 2.96. The molecule has 92 valence electrons. The second-order valence-corrected chi connectivity index (χ2v) is 4.61. The van der Waals surface area contributed by atoms with Gasteiger partial charge in [-0.05, 0) is 25.8 Å². The van der Waals surface area contributed by atoms with Crippen LogP contribution in [0.2, 0.25) is 0 Å². The van der Waals surface area contributed by atoms with Crippen molar-refractivity contribution in [2.45, 2.75) is 32.2 Å². The van der Waals surface area contributed by atoms with Crippen LogP contribution < -0.4 is 5.32 Å². The maximum Gasteiger partial charge on any atom is 0.327 e. The molecule has 0 spiro atoms. The zero-order chi connectivity index (χ0) is 12.1. The summed E-state index contributed by atoms with van der Waals surface area (Å²) >= 11 is 0. The lowest BCUT2D eigenvalue weighted by Crippen LogP contribution is -2.48. The third-order valence-electron chi connectivity index (χ3n) is 2.96. The van der Waals surface area contributed by atoms with Gasteiger partial charge >= 0.3 is 5.97 Å². The van der Waals surface area contributed by atoms with Gasteiger partial charge in [0.2, 0.25) is 5.91 Å². The van der Waals surface area contributed by atoms with E-state index in [2.05, 4.69) is 5.32 Å². The molecule has 0 aromatic rings. The molecule has 1 aliphatic rings. The topological polar surface area (TPSA) is 69.6 Å². The first-order valence-electron chi connectivity index (χ1n) is 5.67. The summed E-state index contributed by atoms with van der Waals surface area (Å²) in [4.78, 5) is 23.7. The second kappa shape index (κ2) is 5.84. The van der Waals surface area contributed by atoms with Crippen LogP contribution in [0.25, 0.3) is 0 Å². The van der Waals surface area contributed by atoms with Crippen molar-refractivity contribution in [3.8, 4) is 0 Å². The SMILES string of the molecule is CC(=O)NC(CN(C)CC1CCC1)C(=O)O. The molecule has 1 rings (SSSR count). The first kappa shape index (κ1) is 13.0. The lowest BCUT2D eigenvalue weighted by molar-refractivity contribution is -0.142. The summed E-state index contributed by atoms with van der Waals surface area (Å²) in [5.41, 5.74) is 0. The number of hydrogen-bond donors (Lipinski definition) is 2. The number of amides is 1. The zero-order valence-electron chi connectivity index (χ0n) is 9.90.